The van der Waals surface area contributed by atoms with Crippen molar-refractivity contribution in [3.8, 4) is 6.07 Å². The first-order valence-corrected chi connectivity index (χ1v) is 11.1. The molecule has 0 saturated carbocycles. The molecule has 0 aliphatic carbocycles. The number of carbonyl (C=O) groups excluding carboxylic acids is 2. The van der Waals surface area contributed by atoms with E-state index in [1.54, 1.807) is 26.0 Å². The molecule has 0 saturated heterocycles. The van der Waals surface area contributed by atoms with Crippen molar-refractivity contribution in [2.75, 3.05) is 11.9 Å². The number of aryl methyl sites for hydroxylation is 1. The Labute approximate surface area is 188 Å². The molecule has 0 aliphatic rings. The lowest BCUT2D eigenvalue weighted by atomic mass is 10.1. The Morgan fingerprint density at radius 3 is 2.65 bits per heavy atom. The number of benzene rings is 1. The topological polar surface area (TPSA) is 92.3 Å². The second-order valence-electron chi connectivity index (χ2n) is 6.40. The van der Waals surface area contributed by atoms with Crippen molar-refractivity contribution in [1.29, 1.82) is 5.26 Å². The van der Waals surface area contributed by atoms with E-state index in [0.717, 1.165) is 15.3 Å². The van der Waals surface area contributed by atoms with Crippen molar-refractivity contribution in [1.82, 2.24) is 0 Å². The summed E-state index contributed by atoms with van der Waals surface area (Å²) in [6.07, 6.45) is 1.38. The van der Waals surface area contributed by atoms with Gasteiger partial charge >= 0.3 is 5.97 Å². The Morgan fingerprint density at radius 1 is 1.23 bits per heavy atom. The molecule has 1 aromatic carbocycles. The summed E-state index contributed by atoms with van der Waals surface area (Å²) >= 11 is 2.71. The second kappa shape index (κ2) is 10.2. The Balaban J connectivity index is 1.79. The highest BCUT2D eigenvalue weighted by atomic mass is 32.2. The maximum atomic E-state index is 12.7. The van der Waals surface area contributed by atoms with Gasteiger partial charge in [0.15, 0.2) is 5.09 Å². The molecule has 0 bridgehead atoms. The molecule has 31 heavy (non-hydrogen) atoms. The van der Waals surface area contributed by atoms with E-state index in [0.29, 0.717) is 21.4 Å². The standard InChI is InChI=1S/C23H20N2O4S2/c1-4-28-23(27)20-14(2)15(3)30-22(20)25-21(26)16(13-24)12-17-10-11-19(29-17)31-18-8-6-5-7-9-18/h5-12H,4H2,1-3H3,(H,25,26)/b16-12+. The van der Waals surface area contributed by atoms with Crippen molar-refractivity contribution in [3.05, 3.63) is 69.8 Å². The van der Waals surface area contributed by atoms with Gasteiger partial charge in [-0.3, -0.25) is 4.79 Å². The summed E-state index contributed by atoms with van der Waals surface area (Å²) < 4.78 is 10.8. The molecule has 158 valence electrons. The number of anilines is 1. The minimum atomic E-state index is -0.622. The molecule has 8 heteroatoms. The summed E-state index contributed by atoms with van der Waals surface area (Å²) in [7, 11) is 0. The minimum absolute atomic E-state index is 0.135. The van der Waals surface area contributed by atoms with Crippen LogP contribution >= 0.6 is 23.1 Å². The number of nitrogens with one attached hydrogen (secondary N) is 1. The number of esters is 1. The summed E-state index contributed by atoms with van der Waals surface area (Å²) in [5.41, 5.74) is 0.925. The molecule has 3 aromatic rings. The Kier molecular flexibility index (Phi) is 7.34. The summed E-state index contributed by atoms with van der Waals surface area (Å²) in [6.45, 7) is 5.60. The lowest BCUT2D eigenvalue weighted by molar-refractivity contribution is -0.112. The average Bonchev–Trinajstić information content (AvgIpc) is 3.30. The van der Waals surface area contributed by atoms with Gasteiger partial charge in [0, 0.05) is 15.8 Å². The number of hydrogen-bond acceptors (Lipinski definition) is 7. The van der Waals surface area contributed by atoms with Gasteiger partial charge in [0.1, 0.15) is 22.4 Å². The third kappa shape index (κ3) is 5.45. The summed E-state index contributed by atoms with van der Waals surface area (Å²) in [5.74, 6) is -0.743. The zero-order chi connectivity index (χ0) is 22.4. The molecule has 2 aromatic heterocycles. The van der Waals surface area contributed by atoms with E-state index in [2.05, 4.69) is 5.32 Å². The van der Waals surface area contributed by atoms with Crippen LogP contribution in [-0.4, -0.2) is 18.5 Å². The number of nitriles is 1. The molecule has 0 fully saturated rings. The van der Waals surface area contributed by atoms with Crippen LogP contribution in [-0.2, 0) is 9.53 Å². The lowest BCUT2D eigenvalue weighted by Crippen LogP contribution is -2.16. The maximum absolute atomic E-state index is 12.7. The van der Waals surface area contributed by atoms with Crippen LogP contribution in [0.3, 0.4) is 0 Å². The molecule has 0 aliphatic heterocycles. The first-order chi connectivity index (χ1) is 14.9. The van der Waals surface area contributed by atoms with Gasteiger partial charge in [0.05, 0.1) is 12.2 Å². The van der Waals surface area contributed by atoms with Crippen molar-refractivity contribution >= 4 is 46.1 Å². The highest BCUT2D eigenvalue weighted by molar-refractivity contribution is 7.99. The number of ether oxygens (including phenoxy) is 1. The second-order valence-corrected chi connectivity index (χ2v) is 8.71. The van der Waals surface area contributed by atoms with Gasteiger partial charge in [-0.15, -0.1) is 11.3 Å². The summed E-state index contributed by atoms with van der Waals surface area (Å²) in [4.78, 5) is 26.9. The van der Waals surface area contributed by atoms with Gasteiger partial charge < -0.3 is 14.5 Å². The van der Waals surface area contributed by atoms with Crippen LogP contribution in [0.1, 0.15) is 33.5 Å². The van der Waals surface area contributed by atoms with Gasteiger partial charge in [0.25, 0.3) is 5.91 Å². The van der Waals surface area contributed by atoms with E-state index in [1.807, 2.05) is 43.3 Å². The third-order valence-electron chi connectivity index (χ3n) is 4.31. The quantitative estimate of drug-likeness (QED) is 0.275. The highest BCUT2D eigenvalue weighted by Crippen LogP contribution is 2.34. The number of thiophene rings is 1. The van der Waals surface area contributed by atoms with Gasteiger partial charge in [0.2, 0.25) is 0 Å². The number of furan rings is 1. The van der Waals surface area contributed by atoms with E-state index in [9.17, 15) is 14.9 Å². The molecule has 0 atom stereocenters. The van der Waals surface area contributed by atoms with Crippen LogP contribution in [0, 0.1) is 25.2 Å². The number of carbonyl (C=O) groups is 2. The van der Waals surface area contributed by atoms with Gasteiger partial charge in [-0.2, -0.15) is 5.26 Å². The molecular formula is C23H20N2O4S2. The number of rotatable bonds is 7. The summed E-state index contributed by atoms with van der Waals surface area (Å²) in [5, 5.41) is 13.2. The molecule has 1 amide bonds. The summed E-state index contributed by atoms with van der Waals surface area (Å²) in [6, 6.07) is 15.1. The van der Waals surface area contributed by atoms with Gasteiger partial charge in [-0.25, -0.2) is 4.79 Å². The molecule has 1 N–H and O–H groups in total. The molecule has 0 radical (unpaired) electrons. The molecule has 0 spiro atoms. The molecule has 3 rings (SSSR count). The van der Waals surface area contributed by atoms with E-state index < -0.39 is 11.9 Å². The van der Waals surface area contributed by atoms with Crippen LogP contribution in [0.4, 0.5) is 5.00 Å². The zero-order valence-electron chi connectivity index (χ0n) is 17.2. The van der Waals surface area contributed by atoms with Crippen molar-refractivity contribution in [3.63, 3.8) is 0 Å². The number of hydrogen-bond donors (Lipinski definition) is 1. The zero-order valence-corrected chi connectivity index (χ0v) is 18.9. The van der Waals surface area contributed by atoms with Crippen LogP contribution in [0.2, 0.25) is 0 Å². The number of amides is 1. The highest BCUT2D eigenvalue weighted by Gasteiger charge is 2.23. The van der Waals surface area contributed by atoms with E-state index in [4.69, 9.17) is 9.15 Å². The average molecular weight is 453 g/mol. The van der Waals surface area contributed by atoms with Gasteiger partial charge in [-0.05, 0) is 50.6 Å². The predicted octanol–water partition coefficient (Wildman–Crippen LogP) is 5.83. The predicted molar refractivity (Wildman–Crippen MR) is 121 cm³/mol. The van der Waals surface area contributed by atoms with Crippen molar-refractivity contribution in [2.24, 2.45) is 0 Å². The van der Waals surface area contributed by atoms with Crippen LogP contribution < -0.4 is 5.32 Å². The van der Waals surface area contributed by atoms with E-state index in [-0.39, 0.29) is 12.2 Å². The number of nitrogens with zero attached hydrogens (tertiary/aromatic N) is 1. The molecule has 0 unspecified atom stereocenters. The fourth-order valence-corrected chi connectivity index (χ4v) is 4.54. The van der Waals surface area contributed by atoms with Gasteiger partial charge in [-0.1, -0.05) is 30.0 Å². The SMILES string of the molecule is CCOC(=O)c1c(NC(=O)/C(C#N)=C/c2ccc(Sc3ccccc3)o2)sc(C)c1C. The van der Waals surface area contributed by atoms with Crippen LogP contribution in [0.25, 0.3) is 6.08 Å². The fourth-order valence-electron chi connectivity index (χ4n) is 2.70. The van der Waals surface area contributed by atoms with E-state index >= 15 is 0 Å². The first-order valence-electron chi connectivity index (χ1n) is 9.46. The Morgan fingerprint density at radius 2 is 1.97 bits per heavy atom. The van der Waals surface area contributed by atoms with Crippen molar-refractivity contribution < 1.29 is 18.7 Å². The fraction of sp³-hybridized carbons (Fsp3) is 0.174. The monoisotopic (exact) mass is 452 g/mol. The minimum Gasteiger partial charge on any atom is -0.462 e. The molecular weight excluding hydrogens is 432 g/mol. The largest absolute Gasteiger partial charge is 0.462 e. The third-order valence-corrected chi connectivity index (χ3v) is 6.36. The molecule has 6 nitrogen and oxygen atoms in total. The first kappa shape index (κ1) is 22.4. The Hall–Kier alpha value is -3.28. The Bertz CT molecular complexity index is 1170. The maximum Gasteiger partial charge on any atom is 0.341 e. The van der Waals surface area contributed by atoms with E-state index in [1.165, 1.54) is 29.2 Å². The van der Waals surface area contributed by atoms with Crippen LogP contribution in [0.15, 0.2) is 62.4 Å². The normalized spacial score (nSPS) is 11.1. The lowest BCUT2D eigenvalue weighted by Gasteiger charge is -2.06. The molecule has 2 heterocycles. The van der Waals surface area contributed by atoms with Crippen molar-refractivity contribution in [2.45, 2.75) is 30.8 Å². The smallest absolute Gasteiger partial charge is 0.341 e. The van der Waals surface area contributed by atoms with Crippen LogP contribution in [0.5, 0.6) is 0 Å².